The Kier molecular flexibility index (Phi) is 4.92. The standard InChI is InChI=1S/C21H22FN5O/c1-12-5-6-13(9-17(12)22)14-7-8-24-10-18(14)27-21-16-4-2-3-15(20(23)28)19(16)25-11-26-21/h2-6,9,11,14,18,24H,7-8,10H2,1H3,(H2,23,28)(H,25,26,27)/t14-,18+/m0/s1. The molecule has 4 rings (SSSR count). The van der Waals surface area contributed by atoms with Crippen molar-refractivity contribution in [2.75, 3.05) is 18.4 Å². The van der Waals surface area contributed by atoms with Gasteiger partial charge in [0.05, 0.1) is 11.1 Å². The Bertz CT molecular complexity index is 1040. The summed E-state index contributed by atoms with van der Waals surface area (Å²) in [6.45, 7) is 3.36. The van der Waals surface area contributed by atoms with Crippen molar-refractivity contribution >= 4 is 22.6 Å². The van der Waals surface area contributed by atoms with E-state index in [1.165, 1.54) is 6.33 Å². The third-order valence-corrected chi connectivity index (χ3v) is 5.36. The molecule has 144 valence electrons. The van der Waals surface area contributed by atoms with E-state index >= 15 is 0 Å². The van der Waals surface area contributed by atoms with Crippen molar-refractivity contribution in [1.82, 2.24) is 15.3 Å². The zero-order valence-corrected chi connectivity index (χ0v) is 15.6. The largest absolute Gasteiger partial charge is 0.366 e. The molecule has 0 unspecified atom stereocenters. The van der Waals surface area contributed by atoms with Crippen molar-refractivity contribution in [3.8, 4) is 0 Å². The van der Waals surface area contributed by atoms with Gasteiger partial charge in [-0.25, -0.2) is 14.4 Å². The molecule has 0 spiro atoms. The number of hydrogen-bond donors (Lipinski definition) is 3. The molecule has 0 bridgehead atoms. The molecular weight excluding hydrogens is 357 g/mol. The van der Waals surface area contributed by atoms with Crippen LogP contribution in [-0.4, -0.2) is 35.0 Å². The zero-order chi connectivity index (χ0) is 19.7. The number of anilines is 1. The van der Waals surface area contributed by atoms with E-state index in [9.17, 15) is 9.18 Å². The molecule has 0 saturated carbocycles. The summed E-state index contributed by atoms with van der Waals surface area (Å²) >= 11 is 0. The van der Waals surface area contributed by atoms with E-state index in [0.29, 0.717) is 22.5 Å². The highest BCUT2D eigenvalue weighted by Gasteiger charge is 2.28. The summed E-state index contributed by atoms with van der Waals surface area (Å²) in [5, 5.41) is 7.60. The molecule has 1 saturated heterocycles. The summed E-state index contributed by atoms with van der Waals surface area (Å²) in [6.07, 6.45) is 2.31. The Balaban J connectivity index is 1.69. The van der Waals surface area contributed by atoms with Crippen LogP contribution in [0.2, 0.25) is 0 Å². The van der Waals surface area contributed by atoms with Crippen LogP contribution < -0.4 is 16.4 Å². The minimum absolute atomic E-state index is 0.0196. The Hall–Kier alpha value is -3.06. The maximum atomic E-state index is 14.1. The molecule has 28 heavy (non-hydrogen) atoms. The molecule has 2 atom stereocenters. The summed E-state index contributed by atoms with van der Waals surface area (Å²) in [6, 6.07) is 10.7. The Labute approximate surface area is 162 Å². The average Bonchev–Trinajstić information content (AvgIpc) is 2.70. The summed E-state index contributed by atoms with van der Waals surface area (Å²) in [5.41, 5.74) is 7.97. The van der Waals surface area contributed by atoms with Gasteiger partial charge in [0.15, 0.2) is 0 Å². The van der Waals surface area contributed by atoms with Crippen molar-refractivity contribution in [1.29, 1.82) is 0 Å². The Morgan fingerprint density at radius 3 is 2.93 bits per heavy atom. The molecule has 2 aromatic carbocycles. The van der Waals surface area contributed by atoms with Crippen molar-refractivity contribution < 1.29 is 9.18 Å². The van der Waals surface area contributed by atoms with Crippen LogP contribution in [0.5, 0.6) is 0 Å². The molecule has 7 heteroatoms. The van der Waals surface area contributed by atoms with Crippen LogP contribution >= 0.6 is 0 Å². The fourth-order valence-electron chi connectivity index (χ4n) is 3.83. The molecule has 4 N–H and O–H groups in total. The predicted molar refractivity (Wildman–Crippen MR) is 107 cm³/mol. The molecule has 1 amide bonds. The van der Waals surface area contributed by atoms with E-state index < -0.39 is 5.91 Å². The number of carbonyl (C=O) groups excluding carboxylic acids is 1. The number of rotatable bonds is 4. The van der Waals surface area contributed by atoms with Crippen LogP contribution in [0.1, 0.15) is 33.8 Å². The van der Waals surface area contributed by atoms with Crippen LogP contribution in [0.15, 0.2) is 42.7 Å². The smallest absolute Gasteiger partial charge is 0.250 e. The molecule has 3 aromatic rings. The van der Waals surface area contributed by atoms with Gasteiger partial charge in [0, 0.05) is 23.9 Å². The van der Waals surface area contributed by atoms with Crippen molar-refractivity contribution in [2.45, 2.75) is 25.3 Å². The van der Waals surface area contributed by atoms with Crippen LogP contribution in [0.25, 0.3) is 10.9 Å². The number of benzene rings is 2. The Morgan fingerprint density at radius 2 is 2.14 bits per heavy atom. The third kappa shape index (κ3) is 3.41. The first-order valence-electron chi connectivity index (χ1n) is 9.31. The van der Waals surface area contributed by atoms with Gasteiger partial charge in [-0.1, -0.05) is 18.2 Å². The lowest BCUT2D eigenvalue weighted by Gasteiger charge is -2.34. The lowest BCUT2D eigenvalue weighted by molar-refractivity contribution is 0.100. The molecule has 1 aliphatic heterocycles. The number of aromatic nitrogens is 2. The van der Waals surface area contributed by atoms with Crippen LogP contribution in [0.4, 0.5) is 10.2 Å². The van der Waals surface area contributed by atoms with E-state index in [1.807, 2.05) is 18.2 Å². The number of nitrogens with one attached hydrogen (secondary N) is 2. The van der Waals surface area contributed by atoms with Crippen LogP contribution in [0, 0.1) is 12.7 Å². The summed E-state index contributed by atoms with van der Waals surface area (Å²) in [7, 11) is 0. The fourth-order valence-corrected chi connectivity index (χ4v) is 3.83. The number of para-hydroxylation sites is 1. The minimum atomic E-state index is -0.525. The number of halogens is 1. The van der Waals surface area contributed by atoms with E-state index in [2.05, 4.69) is 20.6 Å². The second-order valence-corrected chi connectivity index (χ2v) is 7.15. The van der Waals surface area contributed by atoms with Gasteiger partial charge in [-0.05, 0) is 49.2 Å². The molecule has 1 aromatic heterocycles. The summed E-state index contributed by atoms with van der Waals surface area (Å²) < 4.78 is 14.1. The number of hydrogen-bond acceptors (Lipinski definition) is 5. The molecule has 2 heterocycles. The Morgan fingerprint density at radius 1 is 1.29 bits per heavy atom. The molecular formula is C21H22FN5O. The lowest BCUT2D eigenvalue weighted by Crippen LogP contribution is -2.44. The molecule has 1 fully saturated rings. The monoisotopic (exact) mass is 379 g/mol. The molecule has 0 radical (unpaired) electrons. The molecule has 6 nitrogen and oxygen atoms in total. The van der Waals surface area contributed by atoms with Crippen molar-refractivity contribution in [2.24, 2.45) is 5.73 Å². The first-order valence-corrected chi connectivity index (χ1v) is 9.31. The highest BCUT2D eigenvalue weighted by atomic mass is 19.1. The maximum Gasteiger partial charge on any atom is 0.250 e. The van der Waals surface area contributed by atoms with E-state index in [1.54, 1.807) is 25.1 Å². The third-order valence-electron chi connectivity index (χ3n) is 5.36. The molecule has 0 aliphatic carbocycles. The molecule has 1 aliphatic rings. The van der Waals surface area contributed by atoms with Gasteiger partial charge >= 0.3 is 0 Å². The maximum absolute atomic E-state index is 14.1. The van der Waals surface area contributed by atoms with Gasteiger partial charge in [0.1, 0.15) is 18.0 Å². The van der Waals surface area contributed by atoms with Gasteiger partial charge in [-0.3, -0.25) is 4.79 Å². The number of nitrogens with zero attached hydrogens (tertiary/aromatic N) is 2. The van der Waals surface area contributed by atoms with Gasteiger partial charge in [-0.2, -0.15) is 0 Å². The first-order chi connectivity index (χ1) is 13.5. The van der Waals surface area contributed by atoms with E-state index in [0.717, 1.165) is 30.5 Å². The number of piperidine rings is 1. The SMILES string of the molecule is Cc1ccc([C@@H]2CCNC[C@H]2Nc2ncnc3c(C(N)=O)cccc23)cc1F. The van der Waals surface area contributed by atoms with Crippen LogP contribution in [0.3, 0.4) is 0 Å². The highest BCUT2D eigenvalue weighted by molar-refractivity contribution is 6.06. The van der Waals surface area contributed by atoms with Crippen molar-refractivity contribution in [3.63, 3.8) is 0 Å². The first kappa shape index (κ1) is 18.3. The lowest BCUT2D eigenvalue weighted by atomic mass is 9.85. The quantitative estimate of drug-likeness (QED) is 0.648. The number of primary amides is 1. The van der Waals surface area contributed by atoms with Crippen molar-refractivity contribution in [3.05, 3.63) is 65.2 Å². The topological polar surface area (TPSA) is 92.9 Å². The fraction of sp³-hybridized carbons (Fsp3) is 0.286. The average molecular weight is 379 g/mol. The number of amides is 1. The highest BCUT2D eigenvalue weighted by Crippen LogP contribution is 2.30. The summed E-state index contributed by atoms with van der Waals surface area (Å²) in [4.78, 5) is 20.3. The summed E-state index contributed by atoms with van der Waals surface area (Å²) in [5.74, 6) is 0.0658. The van der Waals surface area contributed by atoms with Crippen LogP contribution in [-0.2, 0) is 0 Å². The number of carbonyl (C=O) groups is 1. The number of nitrogens with two attached hydrogens (primary N) is 1. The second kappa shape index (κ2) is 7.52. The second-order valence-electron chi connectivity index (χ2n) is 7.15. The zero-order valence-electron chi connectivity index (χ0n) is 15.6. The van der Waals surface area contributed by atoms with E-state index in [-0.39, 0.29) is 17.8 Å². The minimum Gasteiger partial charge on any atom is -0.366 e. The number of aryl methyl sites for hydroxylation is 1. The van der Waals surface area contributed by atoms with Gasteiger partial charge in [0.25, 0.3) is 5.91 Å². The predicted octanol–water partition coefficient (Wildman–Crippen LogP) is 2.73. The number of fused-ring (bicyclic) bond motifs is 1. The normalized spacial score (nSPS) is 19.5. The van der Waals surface area contributed by atoms with Gasteiger partial charge < -0.3 is 16.4 Å². The van der Waals surface area contributed by atoms with Gasteiger partial charge in [0.2, 0.25) is 0 Å². The van der Waals surface area contributed by atoms with E-state index in [4.69, 9.17) is 5.73 Å². The van der Waals surface area contributed by atoms with Gasteiger partial charge in [-0.15, -0.1) is 0 Å².